The van der Waals surface area contributed by atoms with E-state index in [1.807, 2.05) is 19.2 Å². The third-order valence-electron chi connectivity index (χ3n) is 2.96. The standard InChI is InChI=1S/C15H20N2O/c1-3-4-5-10-17(2)15(18)11-13-6-8-14(12-16)9-7-13/h6-9H,3-5,10-11H2,1-2H3. The molecule has 1 rings (SSSR count). The van der Waals surface area contributed by atoms with Crippen LogP contribution in [0.2, 0.25) is 0 Å². The second-order valence-corrected chi connectivity index (χ2v) is 4.51. The summed E-state index contributed by atoms with van der Waals surface area (Å²) < 4.78 is 0. The van der Waals surface area contributed by atoms with Crippen LogP contribution in [-0.4, -0.2) is 24.4 Å². The summed E-state index contributed by atoms with van der Waals surface area (Å²) in [7, 11) is 1.85. The average Bonchev–Trinajstić information content (AvgIpc) is 2.39. The first-order valence-electron chi connectivity index (χ1n) is 6.40. The van der Waals surface area contributed by atoms with Crippen molar-refractivity contribution in [3.63, 3.8) is 0 Å². The maximum absolute atomic E-state index is 11.9. The van der Waals surface area contributed by atoms with Crippen LogP contribution in [0.15, 0.2) is 24.3 Å². The Labute approximate surface area is 109 Å². The Hall–Kier alpha value is -1.82. The second-order valence-electron chi connectivity index (χ2n) is 4.51. The Kier molecular flexibility index (Phi) is 5.93. The number of nitrogens with zero attached hydrogens (tertiary/aromatic N) is 2. The van der Waals surface area contributed by atoms with E-state index in [-0.39, 0.29) is 5.91 Å². The molecule has 0 spiro atoms. The molecule has 0 saturated heterocycles. The van der Waals surface area contributed by atoms with E-state index >= 15 is 0 Å². The number of hydrogen-bond donors (Lipinski definition) is 0. The van der Waals surface area contributed by atoms with E-state index in [4.69, 9.17) is 5.26 Å². The molecule has 0 unspecified atom stereocenters. The van der Waals surface area contributed by atoms with E-state index in [9.17, 15) is 4.79 Å². The molecule has 0 aromatic heterocycles. The van der Waals surface area contributed by atoms with Gasteiger partial charge in [-0.15, -0.1) is 0 Å². The van der Waals surface area contributed by atoms with Crippen molar-refractivity contribution >= 4 is 5.91 Å². The predicted molar refractivity (Wildman–Crippen MR) is 72.0 cm³/mol. The third kappa shape index (κ3) is 4.58. The summed E-state index contributed by atoms with van der Waals surface area (Å²) in [6, 6.07) is 9.26. The number of likely N-dealkylation sites (N-methyl/N-ethyl adjacent to an activating group) is 1. The van der Waals surface area contributed by atoms with Crippen molar-refractivity contribution in [2.24, 2.45) is 0 Å². The minimum absolute atomic E-state index is 0.135. The molecule has 0 atom stereocenters. The van der Waals surface area contributed by atoms with Crippen LogP contribution in [0.3, 0.4) is 0 Å². The van der Waals surface area contributed by atoms with Gasteiger partial charge >= 0.3 is 0 Å². The van der Waals surface area contributed by atoms with Crippen LogP contribution in [-0.2, 0) is 11.2 Å². The minimum atomic E-state index is 0.135. The van der Waals surface area contributed by atoms with Crippen LogP contribution >= 0.6 is 0 Å². The molecule has 1 aromatic carbocycles. The maximum atomic E-state index is 11.9. The van der Waals surface area contributed by atoms with Gasteiger partial charge in [0.25, 0.3) is 0 Å². The molecule has 18 heavy (non-hydrogen) atoms. The van der Waals surface area contributed by atoms with Crippen molar-refractivity contribution in [3.05, 3.63) is 35.4 Å². The Morgan fingerprint density at radius 3 is 2.50 bits per heavy atom. The number of carbonyl (C=O) groups excluding carboxylic acids is 1. The molecule has 1 amide bonds. The zero-order chi connectivity index (χ0) is 13.4. The topological polar surface area (TPSA) is 44.1 Å². The van der Waals surface area contributed by atoms with Crippen LogP contribution in [0.5, 0.6) is 0 Å². The lowest BCUT2D eigenvalue weighted by Crippen LogP contribution is -2.29. The zero-order valence-corrected chi connectivity index (χ0v) is 11.1. The molecule has 96 valence electrons. The fourth-order valence-corrected chi connectivity index (χ4v) is 1.73. The molecule has 0 radical (unpaired) electrons. The number of nitriles is 1. The highest BCUT2D eigenvalue weighted by atomic mass is 16.2. The van der Waals surface area contributed by atoms with Crippen molar-refractivity contribution in [2.75, 3.05) is 13.6 Å². The number of unbranched alkanes of at least 4 members (excludes halogenated alkanes) is 2. The van der Waals surface area contributed by atoms with Gasteiger partial charge in [-0.3, -0.25) is 4.79 Å². The fourth-order valence-electron chi connectivity index (χ4n) is 1.73. The molecule has 3 heteroatoms. The molecular formula is C15H20N2O. The van der Waals surface area contributed by atoms with Gasteiger partial charge in [0.1, 0.15) is 0 Å². The van der Waals surface area contributed by atoms with Gasteiger partial charge in [0.05, 0.1) is 18.1 Å². The first kappa shape index (κ1) is 14.2. The summed E-state index contributed by atoms with van der Waals surface area (Å²) >= 11 is 0. The Bertz CT molecular complexity index is 417. The summed E-state index contributed by atoms with van der Waals surface area (Å²) in [6.07, 6.45) is 3.80. The van der Waals surface area contributed by atoms with Crippen molar-refractivity contribution in [1.29, 1.82) is 5.26 Å². The average molecular weight is 244 g/mol. The van der Waals surface area contributed by atoms with E-state index in [1.165, 1.54) is 0 Å². The van der Waals surface area contributed by atoms with Gasteiger partial charge in [-0.2, -0.15) is 5.26 Å². The Morgan fingerprint density at radius 2 is 1.94 bits per heavy atom. The second kappa shape index (κ2) is 7.50. The van der Waals surface area contributed by atoms with Gasteiger partial charge in [-0.05, 0) is 24.1 Å². The van der Waals surface area contributed by atoms with E-state index in [1.54, 1.807) is 17.0 Å². The summed E-state index contributed by atoms with van der Waals surface area (Å²) in [5.74, 6) is 0.135. The van der Waals surface area contributed by atoms with Crippen molar-refractivity contribution < 1.29 is 4.79 Å². The number of rotatable bonds is 6. The summed E-state index contributed by atoms with van der Waals surface area (Å²) in [5.41, 5.74) is 1.59. The number of amides is 1. The van der Waals surface area contributed by atoms with Crippen LogP contribution < -0.4 is 0 Å². The van der Waals surface area contributed by atoms with Crippen LogP contribution in [0.25, 0.3) is 0 Å². The molecule has 1 aromatic rings. The monoisotopic (exact) mass is 244 g/mol. The van der Waals surface area contributed by atoms with Crippen molar-refractivity contribution in [2.45, 2.75) is 32.6 Å². The van der Waals surface area contributed by atoms with Gasteiger partial charge in [0.15, 0.2) is 0 Å². The predicted octanol–water partition coefficient (Wildman–Crippen LogP) is 2.75. The van der Waals surface area contributed by atoms with Crippen LogP contribution in [0.1, 0.15) is 37.3 Å². The van der Waals surface area contributed by atoms with E-state index in [2.05, 4.69) is 13.0 Å². The first-order chi connectivity index (χ1) is 8.67. The molecular weight excluding hydrogens is 224 g/mol. The molecule has 3 nitrogen and oxygen atoms in total. The molecule has 0 N–H and O–H groups in total. The normalized spacial score (nSPS) is 9.83. The van der Waals surface area contributed by atoms with E-state index in [0.717, 1.165) is 31.4 Å². The highest BCUT2D eigenvalue weighted by Crippen LogP contribution is 2.06. The first-order valence-corrected chi connectivity index (χ1v) is 6.40. The van der Waals surface area contributed by atoms with E-state index in [0.29, 0.717) is 12.0 Å². The lowest BCUT2D eigenvalue weighted by molar-refractivity contribution is -0.129. The summed E-state index contributed by atoms with van der Waals surface area (Å²) in [5, 5.41) is 8.69. The lowest BCUT2D eigenvalue weighted by atomic mass is 10.1. The van der Waals surface area contributed by atoms with Gasteiger partial charge in [-0.1, -0.05) is 31.9 Å². The Morgan fingerprint density at radius 1 is 1.28 bits per heavy atom. The van der Waals surface area contributed by atoms with E-state index < -0.39 is 0 Å². The lowest BCUT2D eigenvalue weighted by Gasteiger charge is -2.16. The smallest absolute Gasteiger partial charge is 0.226 e. The largest absolute Gasteiger partial charge is 0.345 e. The fraction of sp³-hybridized carbons (Fsp3) is 0.467. The van der Waals surface area contributed by atoms with Gasteiger partial charge in [-0.25, -0.2) is 0 Å². The highest BCUT2D eigenvalue weighted by molar-refractivity contribution is 5.78. The van der Waals surface area contributed by atoms with Crippen LogP contribution in [0.4, 0.5) is 0 Å². The number of hydrogen-bond acceptors (Lipinski definition) is 2. The number of carbonyl (C=O) groups is 1. The minimum Gasteiger partial charge on any atom is -0.345 e. The molecule has 0 aliphatic carbocycles. The molecule has 0 aliphatic heterocycles. The molecule has 0 heterocycles. The SMILES string of the molecule is CCCCCN(C)C(=O)Cc1ccc(C#N)cc1. The van der Waals surface area contributed by atoms with Crippen molar-refractivity contribution in [1.82, 2.24) is 4.90 Å². The summed E-state index contributed by atoms with van der Waals surface area (Å²) in [6.45, 7) is 2.97. The quantitative estimate of drug-likeness (QED) is 0.722. The summed E-state index contributed by atoms with van der Waals surface area (Å²) in [4.78, 5) is 13.7. The third-order valence-corrected chi connectivity index (χ3v) is 2.96. The van der Waals surface area contributed by atoms with Gasteiger partial charge in [0.2, 0.25) is 5.91 Å². The van der Waals surface area contributed by atoms with Gasteiger partial charge in [0, 0.05) is 13.6 Å². The number of benzene rings is 1. The Balaban J connectivity index is 2.45. The van der Waals surface area contributed by atoms with Gasteiger partial charge < -0.3 is 4.90 Å². The zero-order valence-electron chi connectivity index (χ0n) is 11.1. The maximum Gasteiger partial charge on any atom is 0.226 e. The highest BCUT2D eigenvalue weighted by Gasteiger charge is 2.08. The van der Waals surface area contributed by atoms with Crippen LogP contribution in [0, 0.1) is 11.3 Å². The molecule has 0 fully saturated rings. The molecule has 0 saturated carbocycles. The molecule has 0 bridgehead atoms. The molecule has 0 aliphatic rings. The van der Waals surface area contributed by atoms with Crippen molar-refractivity contribution in [3.8, 4) is 6.07 Å².